The fourth-order valence-electron chi connectivity index (χ4n) is 0.998. The molecule has 8 heteroatoms. The Morgan fingerprint density at radius 2 is 2.29 bits per heavy atom. The smallest absolute Gasteiger partial charge is 0.273 e. The summed E-state index contributed by atoms with van der Waals surface area (Å²) in [6.07, 6.45) is 0. The molecule has 0 fully saturated rings. The Kier molecular flexibility index (Phi) is 7.08. The van der Waals surface area contributed by atoms with E-state index in [0.29, 0.717) is 18.1 Å². The Bertz CT molecular complexity index is 403. The van der Waals surface area contributed by atoms with E-state index in [0.717, 1.165) is 11.8 Å². The van der Waals surface area contributed by atoms with Crippen LogP contribution in [0.4, 0.5) is 5.69 Å². The van der Waals surface area contributed by atoms with Crippen LogP contribution < -0.4 is 10.5 Å². The first-order chi connectivity index (χ1) is 7.59. The normalized spacial score (nSPS) is 9.18. The number of thioether (sulfide) groups is 1. The molecule has 0 aromatic heterocycles. The van der Waals surface area contributed by atoms with Gasteiger partial charge in [-0.3, -0.25) is 15.5 Å². The molecule has 0 bridgehead atoms. The van der Waals surface area contributed by atoms with Gasteiger partial charge in [0.15, 0.2) is 5.17 Å². The highest BCUT2D eigenvalue weighted by Gasteiger charge is 2.05. The topological polar surface area (TPSA) is 102 Å². The first-order valence-electron chi connectivity index (χ1n) is 4.43. The molecule has 0 heterocycles. The number of ether oxygens (including phenoxy) is 1. The minimum absolute atomic E-state index is 0. The summed E-state index contributed by atoms with van der Waals surface area (Å²) < 4.78 is 5.27. The van der Waals surface area contributed by atoms with Crippen LogP contribution in [0, 0.1) is 15.5 Å². The lowest BCUT2D eigenvalue weighted by Gasteiger charge is -2.04. The summed E-state index contributed by atoms with van der Waals surface area (Å²) >= 11 is 1.16. The molecular weight excluding hydrogens is 266 g/mol. The predicted molar refractivity (Wildman–Crippen MR) is 70.2 cm³/mol. The van der Waals surface area contributed by atoms with Gasteiger partial charge in [-0.25, -0.2) is 0 Å². The van der Waals surface area contributed by atoms with Crippen molar-refractivity contribution >= 4 is 35.0 Å². The van der Waals surface area contributed by atoms with Crippen LogP contribution in [-0.4, -0.2) is 22.5 Å². The number of nitrogens with two attached hydrogens (primary N) is 1. The first-order valence-corrected chi connectivity index (χ1v) is 5.42. The number of non-ortho nitro benzene ring substituents is 1. The fourth-order valence-corrected chi connectivity index (χ4v) is 1.38. The van der Waals surface area contributed by atoms with Crippen molar-refractivity contribution in [3.8, 4) is 5.75 Å². The summed E-state index contributed by atoms with van der Waals surface area (Å²) in [7, 11) is 0. The highest BCUT2D eigenvalue weighted by Crippen LogP contribution is 2.19. The van der Waals surface area contributed by atoms with E-state index in [-0.39, 0.29) is 23.3 Å². The van der Waals surface area contributed by atoms with E-state index >= 15 is 0 Å². The first kappa shape index (κ1) is 15.5. The van der Waals surface area contributed by atoms with Crippen molar-refractivity contribution in [1.29, 1.82) is 5.41 Å². The lowest BCUT2D eigenvalue weighted by Crippen LogP contribution is -2.08. The third kappa shape index (κ3) is 5.98. The lowest BCUT2D eigenvalue weighted by molar-refractivity contribution is -0.384. The van der Waals surface area contributed by atoms with Crippen molar-refractivity contribution in [2.75, 3.05) is 12.4 Å². The van der Waals surface area contributed by atoms with Crippen LogP contribution in [-0.2, 0) is 0 Å². The van der Waals surface area contributed by atoms with E-state index in [1.54, 1.807) is 12.1 Å². The SMILES string of the molecule is Cl.N=C(N)SCCOc1cccc([N+](=O)[O-])c1. The summed E-state index contributed by atoms with van der Waals surface area (Å²) in [5.74, 6) is 0.983. The minimum Gasteiger partial charge on any atom is -0.492 e. The molecule has 17 heavy (non-hydrogen) atoms. The molecule has 0 aliphatic heterocycles. The molecule has 1 aromatic carbocycles. The maximum Gasteiger partial charge on any atom is 0.273 e. The number of nitrogens with zero attached hydrogens (tertiary/aromatic N) is 1. The average molecular weight is 278 g/mol. The Morgan fingerprint density at radius 3 is 2.88 bits per heavy atom. The molecule has 0 saturated carbocycles. The largest absolute Gasteiger partial charge is 0.492 e. The number of nitro benzene ring substituents is 1. The second-order valence-corrected chi connectivity index (χ2v) is 3.95. The van der Waals surface area contributed by atoms with E-state index in [4.69, 9.17) is 15.9 Å². The molecule has 0 amide bonds. The predicted octanol–water partition coefficient (Wildman–Crippen LogP) is 2.02. The zero-order chi connectivity index (χ0) is 12.0. The van der Waals surface area contributed by atoms with Gasteiger partial charge in [-0.2, -0.15) is 0 Å². The third-order valence-corrected chi connectivity index (χ3v) is 2.32. The van der Waals surface area contributed by atoms with Crippen molar-refractivity contribution in [2.24, 2.45) is 5.73 Å². The molecule has 3 N–H and O–H groups in total. The van der Waals surface area contributed by atoms with Crippen LogP contribution in [0.25, 0.3) is 0 Å². The van der Waals surface area contributed by atoms with Crippen molar-refractivity contribution < 1.29 is 9.66 Å². The van der Waals surface area contributed by atoms with E-state index in [1.165, 1.54) is 12.1 Å². The van der Waals surface area contributed by atoms with Crippen LogP contribution in [0.5, 0.6) is 5.75 Å². The number of rotatable bonds is 5. The average Bonchev–Trinajstić information content (AvgIpc) is 2.24. The molecule has 0 unspecified atom stereocenters. The molecule has 0 spiro atoms. The number of hydrogen-bond donors (Lipinski definition) is 2. The quantitative estimate of drug-likeness (QED) is 0.282. The Balaban J connectivity index is 0.00000256. The van der Waals surface area contributed by atoms with Gasteiger partial charge >= 0.3 is 0 Å². The highest BCUT2D eigenvalue weighted by molar-refractivity contribution is 8.13. The van der Waals surface area contributed by atoms with Gasteiger partial charge in [0.05, 0.1) is 17.6 Å². The molecular formula is C9H12ClN3O3S. The van der Waals surface area contributed by atoms with Crippen LogP contribution in [0.2, 0.25) is 0 Å². The van der Waals surface area contributed by atoms with Crippen molar-refractivity contribution in [3.63, 3.8) is 0 Å². The summed E-state index contributed by atoms with van der Waals surface area (Å²) in [5, 5.41) is 17.5. The third-order valence-electron chi connectivity index (χ3n) is 1.64. The molecule has 0 saturated heterocycles. The summed E-state index contributed by atoms with van der Waals surface area (Å²) in [5.41, 5.74) is 5.13. The van der Waals surface area contributed by atoms with Gasteiger partial charge in [0.1, 0.15) is 5.75 Å². The van der Waals surface area contributed by atoms with Gasteiger partial charge in [0, 0.05) is 11.8 Å². The van der Waals surface area contributed by atoms with Crippen LogP contribution in [0.3, 0.4) is 0 Å². The number of benzene rings is 1. The lowest BCUT2D eigenvalue weighted by atomic mass is 10.3. The van der Waals surface area contributed by atoms with Crippen LogP contribution in [0.1, 0.15) is 0 Å². The molecule has 94 valence electrons. The van der Waals surface area contributed by atoms with Gasteiger partial charge < -0.3 is 10.5 Å². The standard InChI is InChI=1S/C9H11N3O3S.ClH/c10-9(11)16-5-4-15-8-3-1-2-7(6-8)12(13)14;/h1-3,6H,4-5H2,(H3,10,11);1H. The molecule has 0 atom stereocenters. The van der Waals surface area contributed by atoms with Gasteiger partial charge in [-0.15, -0.1) is 12.4 Å². The van der Waals surface area contributed by atoms with E-state index in [9.17, 15) is 10.1 Å². The summed E-state index contributed by atoms with van der Waals surface area (Å²) in [4.78, 5) is 10.00. The Morgan fingerprint density at radius 1 is 1.59 bits per heavy atom. The maximum absolute atomic E-state index is 10.5. The van der Waals surface area contributed by atoms with E-state index < -0.39 is 4.92 Å². The number of nitrogens with one attached hydrogen (secondary N) is 1. The van der Waals surface area contributed by atoms with Gasteiger partial charge in [-0.1, -0.05) is 17.8 Å². The summed E-state index contributed by atoms with van der Waals surface area (Å²) in [6.45, 7) is 0.353. The number of nitro groups is 1. The van der Waals surface area contributed by atoms with Gasteiger partial charge in [0.25, 0.3) is 5.69 Å². The minimum atomic E-state index is -0.475. The van der Waals surface area contributed by atoms with E-state index in [1.807, 2.05) is 0 Å². The number of hydrogen-bond acceptors (Lipinski definition) is 5. The highest BCUT2D eigenvalue weighted by atomic mass is 35.5. The van der Waals surface area contributed by atoms with Crippen molar-refractivity contribution in [1.82, 2.24) is 0 Å². The maximum atomic E-state index is 10.5. The molecule has 0 aliphatic rings. The van der Waals surface area contributed by atoms with Crippen LogP contribution in [0.15, 0.2) is 24.3 Å². The molecule has 1 rings (SSSR count). The number of halogens is 1. The second kappa shape index (κ2) is 7.75. The fraction of sp³-hybridized carbons (Fsp3) is 0.222. The zero-order valence-corrected chi connectivity index (χ0v) is 10.4. The molecule has 1 aromatic rings. The zero-order valence-electron chi connectivity index (χ0n) is 8.79. The second-order valence-electron chi connectivity index (χ2n) is 2.82. The van der Waals surface area contributed by atoms with Crippen LogP contribution >= 0.6 is 24.2 Å². The summed E-state index contributed by atoms with van der Waals surface area (Å²) in [6, 6.07) is 5.96. The van der Waals surface area contributed by atoms with Crippen molar-refractivity contribution in [2.45, 2.75) is 0 Å². The van der Waals surface area contributed by atoms with Gasteiger partial charge in [0.2, 0.25) is 0 Å². The molecule has 6 nitrogen and oxygen atoms in total. The monoisotopic (exact) mass is 277 g/mol. The van der Waals surface area contributed by atoms with Crippen molar-refractivity contribution in [3.05, 3.63) is 34.4 Å². The Hall–Kier alpha value is -1.47. The molecule has 0 radical (unpaired) electrons. The number of amidine groups is 1. The van der Waals surface area contributed by atoms with Gasteiger partial charge in [-0.05, 0) is 6.07 Å². The van der Waals surface area contributed by atoms with E-state index in [2.05, 4.69) is 0 Å². The Labute approximate surface area is 109 Å². The molecule has 0 aliphatic carbocycles.